The van der Waals surface area contributed by atoms with Gasteiger partial charge >= 0.3 is 12.2 Å². The van der Waals surface area contributed by atoms with Crippen LogP contribution in [0, 0.1) is 0 Å². The van der Waals surface area contributed by atoms with Gasteiger partial charge in [0.05, 0.1) is 12.2 Å². The highest BCUT2D eigenvalue weighted by Gasteiger charge is 2.30. The molecule has 2 aromatic rings. The Bertz CT molecular complexity index is 751. The molecule has 27 heavy (non-hydrogen) atoms. The average molecular weight is 381 g/mol. The number of urea groups is 1. The van der Waals surface area contributed by atoms with E-state index in [1.54, 1.807) is 18.3 Å². The van der Waals surface area contributed by atoms with Gasteiger partial charge in [-0.05, 0) is 30.2 Å². The third kappa shape index (κ3) is 6.80. The molecule has 0 radical (unpaired) electrons. The number of nitrogens with one attached hydrogen (secondary N) is 2. The number of pyridine rings is 1. The van der Waals surface area contributed by atoms with E-state index in [0.29, 0.717) is 18.1 Å². The molecule has 1 heterocycles. The standard InChI is InChI=1S/C19H22F3N3O2/c1-2-3-10-27-17-15(7-5-9-23-17)13-25-18(26)24-12-14-6-4-8-16(11-14)19(20,21)22/h4-9,11H,2-3,10,12-13H2,1H3,(H2,24,25,26). The molecular formula is C19H22F3N3O2. The molecule has 0 atom stereocenters. The predicted octanol–water partition coefficient (Wildman–Crippen LogP) is 4.28. The summed E-state index contributed by atoms with van der Waals surface area (Å²) in [5.41, 5.74) is 0.346. The maximum Gasteiger partial charge on any atom is 0.416 e. The SMILES string of the molecule is CCCCOc1ncccc1CNC(=O)NCc1cccc(C(F)(F)F)c1. The molecule has 0 saturated heterocycles. The number of hydrogen-bond donors (Lipinski definition) is 2. The van der Waals surface area contributed by atoms with Gasteiger partial charge in [-0.25, -0.2) is 9.78 Å². The molecular weight excluding hydrogens is 359 g/mol. The summed E-state index contributed by atoms with van der Waals surface area (Å²) in [6.45, 7) is 2.79. The third-order valence-electron chi connectivity index (χ3n) is 3.73. The van der Waals surface area contributed by atoms with E-state index in [1.807, 2.05) is 0 Å². The Labute approximate surface area is 155 Å². The van der Waals surface area contributed by atoms with E-state index in [0.717, 1.165) is 30.5 Å². The molecule has 2 N–H and O–H groups in total. The van der Waals surface area contributed by atoms with Crippen LogP contribution in [0.15, 0.2) is 42.6 Å². The highest BCUT2D eigenvalue weighted by molar-refractivity contribution is 5.73. The van der Waals surface area contributed by atoms with Crippen LogP contribution in [0.25, 0.3) is 0 Å². The van der Waals surface area contributed by atoms with Gasteiger partial charge in [0.15, 0.2) is 0 Å². The number of halogens is 3. The highest BCUT2D eigenvalue weighted by atomic mass is 19.4. The molecule has 0 bridgehead atoms. The van der Waals surface area contributed by atoms with Crippen molar-refractivity contribution in [3.8, 4) is 5.88 Å². The Morgan fingerprint density at radius 2 is 1.93 bits per heavy atom. The fourth-order valence-electron chi connectivity index (χ4n) is 2.28. The minimum atomic E-state index is -4.41. The fraction of sp³-hybridized carbons (Fsp3) is 0.368. The van der Waals surface area contributed by atoms with Gasteiger partial charge in [-0.15, -0.1) is 0 Å². The lowest BCUT2D eigenvalue weighted by molar-refractivity contribution is -0.137. The molecule has 2 amide bonds. The van der Waals surface area contributed by atoms with Crippen LogP contribution in [0.2, 0.25) is 0 Å². The van der Waals surface area contributed by atoms with Crippen molar-refractivity contribution in [2.45, 2.75) is 39.0 Å². The number of rotatable bonds is 8. The van der Waals surface area contributed by atoms with Crippen molar-refractivity contribution in [2.24, 2.45) is 0 Å². The van der Waals surface area contributed by atoms with Crippen LogP contribution >= 0.6 is 0 Å². The molecule has 0 aliphatic carbocycles. The van der Waals surface area contributed by atoms with Crippen LogP contribution in [-0.2, 0) is 19.3 Å². The molecule has 0 saturated carbocycles. The first kappa shape index (κ1) is 20.5. The van der Waals surface area contributed by atoms with E-state index >= 15 is 0 Å². The van der Waals surface area contributed by atoms with Gasteiger partial charge in [0.1, 0.15) is 0 Å². The zero-order valence-corrected chi connectivity index (χ0v) is 15.0. The maximum atomic E-state index is 12.7. The number of hydrogen-bond acceptors (Lipinski definition) is 3. The fourth-order valence-corrected chi connectivity index (χ4v) is 2.28. The Morgan fingerprint density at radius 1 is 1.15 bits per heavy atom. The zero-order valence-electron chi connectivity index (χ0n) is 15.0. The molecule has 1 aromatic carbocycles. The van der Waals surface area contributed by atoms with Crippen LogP contribution in [0.4, 0.5) is 18.0 Å². The molecule has 2 rings (SSSR count). The second-order valence-corrected chi connectivity index (χ2v) is 5.90. The van der Waals surface area contributed by atoms with Gasteiger partial charge in [-0.1, -0.05) is 31.5 Å². The van der Waals surface area contributed by atoms with E-state index in [1.165, 1.54) is 12.1 Å². The Balaban J connectivity index is 1.85. The topological polar surface area (TPSA) is 63.2 Å². The summed E-state index contributed by atoms with van der Waals surface area (Å²) >= 11 is 0. The molecule has 8 heteroatoms. The largest absolute Gasteiger partial charge is 0.477 e. The predicted molar refractivity (Wildman–Crippen MR) is 95.2 cm³/mol. The summed E-state index contributed by atoms with van der Waals surface area (Å²) in [6.07, 6.45) is -0.898. The summed E-state index contributed by atoms with van der Waals surface area (Å²) in [4.78, 5) is 16.1. The van der Waals surface area contributed by atoms with Crippen LogP contribution in [0.5, 0.6) is 5.88 Å². The molecule has 1 aromatic heterocycles. The van der Waals surface area contributed by atoms with Crippen LogP contribution in [0.1, 0.15) is 36.5 Å². The lowest BCUT2D eigenvalue weighted by Gasteiger charge is -2.12. The van der Waals surface area contributed by atoms with Crippen molar-refractivity contribution in [1.82, 2.24) is 15.6 Å². The summed E-state index contributed by atoms with van der Waals surface area (Å²) in [6, 6.07) is 7.89. The first-order valence-electron chi connectivity index (χ1n) is 8.64. The van der Waals surface area contributed by atoms with E-state index in [2.05, 4.69) is 22.5 Å². The van der Waals surface area contributed by atoms with E-state index in [9.17, 15) is 18.0 Å². The summed E-state index contributed by atoms with van der Waals surface area (Å²) in [7, 11) is 0. The lowest BCUT2D eigenvalue weighted by atomic mass is 10.1. The minimum Gasteiger partial charge on any atom is -0.477 e. The Morgan fingerprint density at radius 3 is 2.67 bits per heavy atom. The molecule has 0 unspecified atom stereocenters. The van der Waals surface area contributed by atoms with Gasteiger partial charge in [-0.3, -0.25) is 0 Å². The first-order valence-corrected chi connectivity index (χ1v) is 8.64. The summed E-state index contributed by atoms with van der Waals surface area (Å²) < 4.78 is 43.7. The third-order valence-corrected chi connectivity index (χ3v) is 3.73. The molecule has 0 fully saturated rings. The average Bonchev–Trinajstić information content (AvgIpc) is 2.65. The number of ether oxygens (including phenoxy) is 1. The second kappa shape index (κ2) is 9.80. The van der Waals surface area contributed by atoms with E-state index < -0.39 is 17.8 Å². The molecule has 5 nitrogen and oxygen atoms in total. The second-order valence-electron chi connectivity index (χ2n) is 5.90. The normalized spacial score (nSPS) is 11.1. The number of aromatic nitrogens is 1. The van der Waals surface area contributed by atoms with Gasteiger partial charge in [-0.2, -0.15) is 13.2 Å². The number of unbranched alkanes of at least 4 members (excludes halogenated alkanes) is 1. The molecule has 0 aliphatic rings. The smallest absolute Gasteiger partial charge is 0.416 e. The maximum absolute atomic E-state index is 12.7. The van der Waals surface area contributed by atoms with Crippen molar-refractivity contribution >= 4 is 6.03 Å². The lowest BCUT2D eigenvalue weighted by Crippen LogP contribution is -2.34. The monoisotopic (exact) mass is 381 g/mol. The van der Waals surface area contributed by atoms with Crippen LogP contribution in [0.3, 0.4) is 0 Å². The number of nitrogens with zero attached hydrogens (tertiary/aromatic N) is 1. The van der Waals surface area contributed by atoms with Crippen molar-refractivity contribution in [3.63, 3.8) is 0 Å². The van der Waals surface area contributed by atoms with Crippen LogP contribution in [-0.4, -0.2) is 17.6 Å². The van der Waals surface area contributed by atoms with Crippen molar-refractivity contribution < 1.29 is 22.7 Å². The number of benzene rings is 1. The Hall–Kier alpha value is -2.77. The van der Waals surface area contributed by atoms with Crippen molar-refractivity contribution in [1.29, 1.82) is 0 Å². The summed E-state index contributed by atoms with van der Waals surface area (Å²) in [5, 5.41) is 5.19. The van der Waals surface area contributed by atoms with Gasteiger partial charge in [0, 0.05) is 24.8 Å². The van der Waals surface area contributed by atoms with Gasteiger partial charge in [0.25, 0.3) is 0 Å². The van der Waals surface area contributed by atoms with Gasteiger partial charge in [0.2, 0.25) is 5.88 Å². The van der Waals surface area contributed by atoms with E-state index in [-0.39, 0.29) is 13.1 Å². The van der Waals surface area contributed by atoms with E-state index in [4.69, 9.17) is 4.74 Å². The minimum absolute atomic E-state index is 0.0113. The number of amides is 2. The number of alkyl halides is 3. The molecule has 0 aliphatic heterocycles. The molecule has 0 spiro atoms. The zero-order chi connectivity index (χ0) is 19.7. The number of carbonyl (C=O) groups excluding carboxylic acids is 1. The summed E-state index contributed by atoms with van der Waals surface area (Å²) in [5.74, 6) is 0.462. The highest BCUT2D eigenvalue weighted by Crippen LogP contribution is 2.29. The van der Waals surface area contributed by atoms with Crippen molar-refractivity contribution in [3.05, 3.63) is 59.3 Å². The quantitative estimate of drug-likeness (QED) is 0.671. The van der Waals surface area contributed by atoms with Crippen molar-refractivity contribution in [2.75, 3.05) is 6.61 Å². The van der Waals surface area contributed by atoms with Gasteiger partial charge < -0.3 is 15.4 Å². The molecule has 146 valence electrons. The first-order chi connectivity index (χ1) is 12.9. The van der Waals surface area contributed by atoms with Crippen LogP contribution < -0.4 is 15.4 Å². The number of carbonyl (C=O) groups is 1. The Kier molecular flexibility index (Phi) is 7.45.